The summed E-state index contributed by atoms with van der Waals surface area (Å²) in [6.45, 7) is 0.300. The number of halogens is 2. The van der Waals surface area contributed by atoms with E-state index in [0.717, 1.165) is 22.0 Å². The second-order valence-electron chi connectivity index (χ2n) is 9.85. The third-order valence-electron chi connectivity index (χ3n) is 7.06. The van der Waals surface area contributed by atoms with Crippen molar-refractivity contribution in [3.63, 3.8) is 0 Å². The SMILES string of the molecule is Cn1ncc2cc(CNC(=O)[C@H](Cc3ccccc3)n3cnc(-c4cc(Cl)ccc4N4C=C(Cl)NN4)cc3=O)ccc21. The van der Waals surface area contributed by atoms with Gasteiger partial charge in [0.25, 0.3) is 5.56 Å². The number of hydrogen-bond donors (Lipinski definition) is 3. The smallest absolute Gasteiger partial charge is 0.254 e. The molecule has 0 bridgehead atoms. The van der Waals surface area contributed by atoms with Gasteiger partial charge in [-0.05, 0) is 41.5 Å². The minimum absolute atomic E-state index is 0.294. The zero-order chi connectivity index (χ0) is 29.2. The Kier molecular flexibility index (Phi) is 7.66. The summed E-state index contributed by atoms with van der Waals surface area (Å²) in [5, 5.41) is 10.8. The Morgan fingerprint density at radius 3 is 2.62 bits per heavy atom. The van der Waals surface area contributed by atoms with Gasteiger partial charge in [-0.25, -0.2) is 4.98 Å². The Morgan fingerprint density at radius 1 is 1.02 bits per heavy atom. The van der Waals surface area contributed by atoms with Gasteiger partial charge in [-0.3, -0.25) is 29.3 Å². The first-order valence-corrected chi connectivity index (χ1v) is 13.9. The molecule has 5 aromatic rings. The van der Waals surface area contributed by atoms with Crippen LogP contribution in [-0.4, -0.2) is 25.2 Å². The van der Waals surface area contributed by atoms with Crippen LogP contribution in [0.4, 0.5) is 5.69 Å². The van der Waals surface area contributed by atoms with E-state index < -0.39 is 6.04 Å². The van der Waals surface area contributed by atoms with Crippen molar-refractivity contribution in [3.05, 3.63) is 123 Å². The van der Waals surface area contributed by atoms with E-state index in [0.29, 0.717) is 40.1 Å². The molecule has 212 valence electrons. The number of aryl methyl sites for hydroxylation is 1. The summed E-state index contributed by atoms with van der Waals surface area (Å²) in [5.41, 5.74) is 9.88. The summed E-state index contributed by atoms with van der Waals surface area (Å²) in [4.78, 5) is 31.8. The number of nitrogens with zero attached hydrogens (tertiary/aromatic N) is 5. The highest BCUT2D eigenvalue weighted by Crippen LogP contribution is 2.32. The first-order chi connectivity index (χ1) is 20.4. The summed E-state index contributed by atoms with van der Waals surface area (Å²) in [5.74, 6) is -0.294. The van der Waals surface area contributed by atoms with Crippen LogP contribution < -0.4 is 26.8 Å². The van der Waals surface area contributed by atoms with E-state index in [9.17, 15) is 9.59 Å². The number of nitrogens with one attached hydrogen (secondary N) is 3. The van der Waals surface area contributed by atoms with Crippen LogP contribution in [0.2, 0.25) is 5.02 Å². The normalized spacial score (nSPS) is 13.6. The van der Waals surface area contributed by atoms with Crippen LogP contribution in [0.25, 0.3) is 22.2 Å². The molecule has 1 aliphatic rings. The standard InChI is InChI=1S/C30H26Cl2N8O2/c1-38-25-9-7-20(11-21(25)16-35-38)15-33-30(42)27(12-19-5-3-2-4-6-19)39-18-34-24(14-29(39)41)23-13-22(31)8-10-26(23)40-17-28(32)36-37-40/h2-11,13-14,16-18,27,36-37H,12,15H2,1H3,(H,33,42)/t27-/m0/s1. The number of carbonyl (C=O) groups excluding carboxylic acids is 1. The predicted molar refractivity (Wildman–Crippen MR) is 163 cm³/mol. The van der Waals surface area contributed by atoms with Gasteiger partial charge in [0, 0.05) is 42.1 Å². The Morgan fingerprint density at radius 2 is 1.86 bits per heavy atom. The minimum Gasteiger partial charge on any atom is -0.350 e. The number of benzene rings is 3. The van der Waals surface area contributed by atoms with E-state index in [1.807, 2.05) is 55.6 Å². The molecule has 6 rings (SSSR count). The van der Waals surface area contributed by atoms with Crippen LogP contribution >= 0.6 is 23.2 Å². The van der Waals surface area contributed by atoms with Gasteiger partial charge in [0.15, 0.2) is 0 Å². The number of rotatable bonds is 8. The molecule has 10 nitrogen and oxygen atoms in total. The molecule has 3 heterocycles. The molecule has 1 amide bonds. The average molecular weight is 601 g/mol. The molecule has 1 atom stereocenters. The maximum Gasteiger partial charge on any atom is 0.254 e. The third-order valence-corrected chi connectivity index (χ3v) is 7.48. The Bertz CT molecular complexity index is 1870. The first kappa shape index (κ1) is 27.5. The molecule has 0 spiro atoms. The van der Waals surface area contributed by atoms with Crippen molar-refractivity contribution in [2.24, 2.45) is 7.05 Å². The maximum atomic E-state index is 13.6. The lowest BCUT2D eigenvalue weighted by Gasteiger charge is -2.21. The summed E-state index contributed by atoms with van der Waals surface area (Å²) in [7, 11) is 1.88. The fourth-order valence-corrected chi connectivity index (χ4v) is 5.23. The molecule has 3 aromatic carbocycles. The molecule has 1 aliphatic heterocycles. The molecular formula is C30H26Cl2N8O2. The van der Waals surface area contributed by atoms with Crippen molar-refractivity contribution in [2.75, 3.05) is 5.01 Å². The van der Waals surface area contributed by atoms with Gasteiger partial charge in [-0.1, -0.05) is 59.6 Å². The molecular weight excluding hydrogens is 575 g/mol. The van der Waals surface area contributed by atoms with E-state index in [1.165, 1.54) is 17.0 Å². The molecule has 12 heteroatoms. The van der Waals surface area contributed by atoms with Crippen molar-refractivity contribution < 1.29 is 4.79 Å². The van der Waals surface area contributed by atoms with E-state index >= 15 is 0 Å². The largest absolute Gasteiger partial charge is 0.350 e. The fraction of sp³-hybridized carbons (Fsp3) is 0.133. The van der Waals surface area contributed by atoms with Crippen molar-refractivity contribution in [2.45, 2.75) is 19.0 Å². The Hall–Kier alpha value is -4.64. The predicted octanol–water partition coefficient (Wildman–Crippen LogP) is 4.42. The highest BCUT2D eigenvalue weighted by atomic mass is 35.5. The van der Waals surface area contributed by atoms with Gasteiger partial charge in [-0.15, -0.1) is 5.53 Å². The maximum absolute atomic E-state index is 13.6. The zero-order valence-corrected chi connectivity index (χ0v) is 24.0. The van der Waals surface area contributed by atoms with E-state index in [-0.39, 0.29) is 11.5 Å². The minimum atomic E-state index is -0.825. The van der Waals surface area contributed by atoms with Crippen molar-refractivity contribution in [3.8, 4) is 11.3 Å². The lowest BCUT2D eigenvalue weighted by Crippen LogP contribution is -2.38. The molecule has 0 radical (unpaired) electrons. The molecule has 0 aliphatic carbocycles. The van der Waals surface area contributed by atoms with Gasteiger partial charge in [0.2, 0.25) is 5.91 Å². The summed E-state index contributed by atoms with van der Waals surface area (Å²) in [6.07, 6.45) is 5.17. The number of amides is 1. The highest BCUT2D eigenvalue weighted by Gasteiger charge is 2.24. The first-order valence-electron chi connectivity index (χ1n) is 13.1. The van der Waals surface area contributed by atoms with E-state index in [1.54, 1.807) is 40.3 Å². The number of carbonyl (C=O) groups is 1. The zero-order valence-electron chi connectivity index (χ0n) is 22.5. The van der Waals surface area contributed by atoms with Crippen molar-refractivity contribution in [1.82, 2.24) is 35.6 Å². The molecule has 0 unspecified atom stereocenters. The monoisotopic (exact) mass is 600 g/mol. The lowest BCUT2D eigenvalue weighted by atomic mass is 10.0. The van der Waals surface area contributed by atoms with Gasteiger partial charge >= 0.3 is 0 Å². The van der Waals surface area contributed by atoms with Crippen LogP contribution in [0, 0.1) is 0 Å². The van der Waals surface area contributed by atoms with Crippen LogP contribution in [0.15, 0.2) is 101 Å². The quantitative estimate of drug-likeness (QED) is 0.226. The van der Waals surface area contributed by atoms with Gasteiger partial charge in [-0.2, -0.15) is 5.10 Å². The second-order valence-corrected chi connectivity index (χ2v) is 10.7. The fourth-order valence-electron chi connectivity index (χ4n) is 4.92. The van der Waals surface area contributed by atoms with Crippen LogP contribution in [0.5, 0.6) is 0 Å². The third kappa shape index (κ3) is 5.73. The van der Waals surface area contributed by atoms with Crippen molar-refractivity contribution >= 4 is 45.7 Å². The topological polar surface area (TPSA) is 109 Å². The molecule has 2 aromatic heterocycles. The van der Waals surface area contributed by atoms with E-state index in [4.69, 9.17) is 23.2 Å². The molecule has 0 saturated carbocycles. The second kappa shape index (κ2) is 11.7. The Labute approximate surface area is 251 Å². The Balaban J connectivity index is 1.30. The summed E-state index contributed by atoms with van der Waals surface area (Å²) in [6, 6.07) is 21.3. The highest BCUT2D eigenvalue weighted by molar-refractivity contribution is 6.31. The van der Waals surface area contributed by atoms with Gasteiger partial charge in [0.05, 0.1) is 35.6 Å². The summed E-state index contributed by atoms with van der Waals surface area (Å²) >= 11 is 12.4. The van der Waals surface area contributed by atoms with E-state index in [2.05, 4.69) is 26.4 Å². The molecule has 42 heavy (non-hydrogen) atoms. The van der Waals surface area contributed by atoms with Gasteiger partial charge < -0.3 is 5.32 Å². The molecule has 0 fully saturated rings. The summed E-state index contributed by atoms with van der Waals surface area (Å²) < 4.78 is 3.17. The number of hydrazine groups is 2. The number of hydrogen-bond acceptors (Lipinski definition) is 7. The van der Waals surface area contributed by atoms with Gasteiger partial charge in [0.1, 0.15) is 11.2 Å². The molecule has 3 N–H and O–H groups in total. The number of aromatic nitrogens is 4. The van der Waals surface area contributed by atoms with Crippen LogP contribution in [0.3, 0.4) is 0 Å². The lowest BCUT2D eigenvalue weighted by molar-refractivity contribution is -0.124. The average Bonchev–Trinajstić information content (AvgIpc) is 3.60. The van der Waals surface area contributed by atoms with Crippen LogP contribution in [-0.2, 0) is 24.8 Å². The van der Waals surface area contributed by atoms with Crippen LogP contribution in [0.1, 0.15) is 17.2 Å². The molecule has 0 saturated heterocycles. The van der Waals surface area contributed by atoms with Crippen molar-refractivity contribution in [1.29, 1.82) is 0 Å². The number of anilines is 1. The number of fused-ring (bicyclic) bond motifs is 1.